The van der Waals surface area contributed by atoms with Crippen LogP contribution in [0.25, 0.3) is 0 Å². The van der Waals surface area contributed by atoms with Gasteiger partial charge >= 0.3 is 0 Å². The number of halogens is 1. The average molecular weight is 148 g/mol. The molecule has 1 aliphatic carbocycles. The lowest BCUT2D eigenvalue weighted by Gasteiger charge is -2.07. The Balaban J connectivity index is 2.14. The van der Waals surface area contributed by atoms with Gasteiger partial charge < -0.3 is 5.32 Å². The number of rotatable bonds is 2. The highest BCUT2D eigenvalue weighted by atomic mass is 35.5. The molecule has 2 heteroatoms. The molecule has 2 unspecified atom stereocenters. The van der Waals surface area contributed by atoms with Crippen LogP contribution >= 0.6 is 11.6 Å². The summed E-state index contributed by atoms with van der Waals surface area (Å²) in [4.78, 5) is 0. The lowest BCUT2D eigenvalue weighted by molar-refractivity contribution is 0.543. The molecule has 1 N–H and O–H groups in total. The van der Waals surface area contributed by atoms with Crippen LogP contribution in [0.5, 0.6) is 0 Å². The molecule has 1 aliphatic rings. The number of hydrogen-bond donors (Lipinski definition) is 1. The van der Waals surface area contributed by atoms with E-state index in [1.807, 2.05) is 0 Å². The Hall–Kier alpha value is 0.250. The molecular formula is C7H14ClN. The van der Waals surface area contributed by atoms with Crippen LogP contribution < -0.4 is 5.32 Å². The molecule has 0 heterocycles. The van der Waals surface area contributed by atoms with Gasteiger partial charge in [0.05, 0.1) is 0 Å². The first-order chi connectivity index (χ1) is 4.33. The molecule has 54 valence electrons. The number of nitrogens with one attached hydrogen (secondary N) is 1. The molecule has 9 heavy (non-hydrogen) atoms. The van der Waals surface area contributed by atoms with Crippen molar-refractivity contribution in [3.05, 3.63) is 0 Å². The third-order valence-electron chi connectivity index (χ3n) is 1.86. The zero-order valence-corrected chi connectivity index (χ0v) is 6.62. The van der Waals surface area contributed by atoms with E-state index in [0.29, 0.717) is 11.4 Å². The predicted octanol–water partition coefficient (Wildman–Crippen LogP) is 1.76. The Morgan fingerprint density at radius 2 is 2.33 bits per heavy atom. The number of hydrogen-bond acceptors (Lipinski definition) is 1. The summed E-state index contributed by atoms with van der Waals surface area (Å²) in [5.41, 5.74) is 0. The van der Waals surface area contributed by atoms with E-state index in [2.05, 4.69) is 12.2 Å². The standard InChI is InChI=1S/C7H14ClN/c1-2-9-7-4-3-6(8)5-7/h6-7,9H,2-5H2,1H3. The van der Waals surface area contributed by atoms with Crippen LogP contribution in [-0.4, -0.2) is 18.0 Å². The van der Waals surface area contributed by atoms with Crippen LogP contribution in [-0.2, 0) is 0 Å². The Morgan fingerprint density at radius 1 is 1.56 bits per heavy atom. The zero-order chi connectivity index (χ0) is 6.69. The van der Waals surface area contributed by atoms with Crippen molar-refractivity contribution in [3.63, 3.8) is 0 Å². The van der Waals surface area contributed by atoms with Gasteiger partial charge in [-0.1, -0.05) is 6.92 Å². The normalized spacial score (nSPS) is 35.3. The Kier molecular flexibility index (Phi) is 2.80. The van der Waals surface area contributed by atoms with Crippen molar-refractivity contribution in [1.29, 1.82) is 0 Å². The largest absolute Gasteiger partial charge is 0.314 e. The highest BCUT2D eigenvalue weighted by Crippen LogP contribution is 2.23. The molecule has 0 aromatic heterocycles. The van der Waals surface area contributed by atoms with Gasteiger partial charge in [0.25, 0.3) is 0 Å². The van der Waals surface area contributed by atoms with E-state index in [9.17, 15) is 0 Å². The van der Waals surface area contributed by atoms with Gasteiger partial charge in [-0.3, -0.25) is 0 Å². The molecular weight excluding hydrogens is 134 g/mol. The Labute approximate surface area is 61.8 Å². The van der Waals surface area contributed by atoms with E-state index < -0.39 is 0 Å². The highest BCUT2D eigenvalue weighted by Gasteiger charge is 2.21. The van der Waals surface area contributed by atoms with Crippen LogP contribution in [0.3, 0.4) is 0 Å². The van der Waals surface area contributed by atoms with Crippen LogP contribution in [0.1, 0.15) is 26.2 Å². The van der Waals surface area contributed by atoms with Crippen molar-refractivity contribution < 1.29 is 0 Å². The molecule has 1 rings (SSSR count). The van der Waals surface area contributed by atoms with Gasteiger partial charge in [-0.05, 0) is 25.8 Å². The average Bonchev–Trinajstić information content (AvgIpc) is 2.17. The first-order valence-corrected chi connectivity index (χ1v) is 4.14. The Bertz CT molecular complexity index is 83.0. The third kappa shape index (κ3) is 2.15. The summed E-state index contributed by atoms with van der Waals surface area (Å²) in [6.07, 6.45) is 3.62. The van der Waals surface area contributed by atoms with Gasteiger partial charge in [0.1, 0.15) is 0 Å². The van der Waals surface area contributed by atoms with Crippen molar-refractivity contribution in [2.45, 2.75) is 37.6 Å². The van der Waals surface area contributed by atoms with Crippen molar-refractivity contribution in [2.24, 2.45) is 0 Å². The van der Waals surface area contributed by atoms with E-state index >= 15 is 0 Å². The summed E-state index contributed by atoms with van der Waals surface area (Å²) in [7, 11) is 0. The van der Waals surface area contributed by atoms with Crippen molar-refractivity contribution in [1.82, 2.24) is 5.32 Å². The van der Waals surface area contributed by atoms with Gasteiger partial charge in [-0.25, -0.2) is 0 Å². The van der Waals surface area contributed by atoms with Gasteiger partial charge in [0, 0.05) is 11.4 Å². The van der Waals surface area contributed by atoms with E-state index in [1.54, 1.807) is 0 Å². The third-order valence-corrected chi connectivity index (χ3v) is 2.26. The molecule has 0 bridgehead atoms. The van der Waals surface area contributed by atoms with E-state index in [0.717, 1.165) is 13.0 Å². The van der Waals surface area contributed by atoms with Crippen molar-refractivity contribution in [2.75, 3.05) is 6.54 Å². The van der Waals surface area contributed by atoms with E-state index in [4.69, 9.17) is 11.6 Å². The zero-order valence-electron chi connectivity index (χ0n) is 5.86. The molecule has 0 aromatic rings. The first kappa shape index (κ1) is 7.36. The second-order valence-corrected chi connectivity index (χ2v) is 3.28. The molecule has 2 atom stereocenters. The fraction of sp³-hybridized carbons (Fsp3) is 1.00. The minimum absolute atomic E-state index is 0.439. The second-order valence-electron chi connectivity index (χ2n) is 2.66. The van der Waals surface area contributed by atoms with Gasteiger partial charge in [0.2, 0.25) is 0 Å². The summed E-state index contributed by atoms with van der Waals surface area (Å²) < 4.78 is 0. The molecule has 0 saturated heterocycles. The Morgan fingerprint density at radius 3 is 2.78 bits per heavy atom. The second kappa shape index (κ2) is 3.43. The quantitative estimate of drug-likeness (QED) is 0.587. The summed E-state index contributed by atoms with van der Waals surface area (Å²) in [5.74, 6) is 0. The van der Waals surface area contributed by atoms with Crippen LogP contribution in [0.15, 0.2) is 0 Å². The molecule has 1 fully saturated rings. The summed E-state index contributed by atoms with van der Waals surface area (Å²) >= 11 is 5.90. The maximum absolute atomic E-state index is 5.90. The maximum atomic E-state index is 5.90. The lowest BCUT2D eigenvalue weighted by atomic mass is 10.2. The monoisotopic (exact) mass is 147 g/mol. The summed E-state index contributed by atoms with van der Waals surface area (Å²) in [6, 6.07) is 0.706. The van der Waals surface area contributed by atoms with Crippen LogP contribution in [0, 0.1) is 0 Å². The SMILES string of the molecule is CCNC1CCC(Cl)C1. The maximum Gasteiger partial charge on any atom is 0.0351 e. The van der Waals surface area contributed by atoms with E-state index in [-0.39, 0.29) is 0 Å². The lowest BCUT2D eigenvalue weighted by Crippen LogP contribution is -2.25. The van der Waals surface area contributed by atoms with Gasteiger partial charge in [-0.2, -0.15) is 0 Å². The molecule has 1 nitrogen and oxygen atoms in total. The summed E-state index contributed by atoms with van der Waals surface area (Å²) in [6.45, 7) is 3.22. The van der Waals surface area contributed by atoms with Gasteiger partial charge in [0.15, 0.2) is 0 Å². The fourth-order valence-corrected chi connectivity index (χ4v) is 1.74. The summed E-state index contributed by atoms with van der Waals surface area (Å²) in [5, 5.41) is 3.83. The molecule has 0 aliphatic heterocycles. The van der Waals surface area contributed by atoms with Crippen molar-refractivity contribution in [3.8, 4) is 0 Å². The predicted molar refractivity (Wildman–Crippen MR) is 41.0 cm³/mol. The van der Waals surface area contributed by atoms with Crippen LogP contribution in [0.2, 0.25) is 0 Å². The molecule has 0 amide bonds. The van der Waals surface area contributed by atoms with Gasteiger partial charge in [-0.15, -0.1) is 11.6 Å². The molecule has 0 radical (unpaired) electrons. The topological polar surface area (TPSA) is 12.0 Å². The molecule has 0 aromatic carbocycles. The fourth-order valence-electron chi connectivity index (χ4n) is 1.40. The minimum atomic E-state index is 0.439. The highest BCUT2D eigenvalue weighted by molar-refractivity contribution is 6.20. The van der Waals surface area contributed by atoms with Crippen LogP contribution in [0.4, 0.5) is 0 Å². The molecule has 1 saturated carbocycles. The van der Waals surface area contributed by atoms with E-state index in [1.165, 1.54) is 12.8 Å². The first-order valence-electron chi connectivity index (χ1n) is 3.70. The number of alkyl halides is 1. The van der Waals surface area contributed by atoms with Crippen molar-refractivity contribution >= 4 is 11.6 Å². The minimum Gasteiger partial charge on any atom is -0.314 e. The smallest absolute Gasteiger partial charge is 0.0351 e. The molecule has 0 spiro atoms.